The molecule has 2 heterocycles. The molecule has 0 spiro atoms. The maximum Gasteiger partial charge on any atom is 0.147 e. The smallest absolute Gasteiger partial charge is 0.147 e. The minimum atomic E-state index is 0.497. The van der Waals surface area contributed by atoms with Crippen molar-refractivity contribution in [2.24, 2.45) is 0 Å². The first-order valence-electron chi connectivity index (χ1n) is 4.77. The Hall–Kier alpha value is -1.53. The number of anilines is 1. The second-order valence-electron chi connectivity index (χ2n) is 3.35. The Morgan fingerprint density at radius 1 is 1.47 bits per heavy atom. The Kier molecular flexibility index (Phi) is 2.89. The SMILES string of the molecule is N#Cc1cnc(N2CC=CCC2)c(Cl)c1. The van der Waals surface area contributed by atoms with Crippen LogP contribution in [0.25, 0.3) is 0 Å². The maximum absolute atomic E-state index is 8.69. The van der Waals surface area contributed by atoms with Gasteiger partial charge in [-0.15, -0.1) is 0 Å². The number of nitrogens with zero attached hydrogens (tertiary/aromatic N) is 3. The number of halogens is 1. The fourth-order valence-electron chi connectivity index (χ4n) is 1.56. The molecule has 0 amide bonds. The second-order valence-corrected chi connectivity index (χ2v) is 3.75. The molecule has 0 saturated heterocycles. The molecule has 1 aliphatic heterocycles. The van der Waals surface area contributed by atoms with Crippen LogP contribution in [-0.2, 0) is 0 Å². The van der Waals surface area contributed by atoms with Crippen LogP contribution in [0, 0.1) is 11.3 Å². The first-order chi connectivity index (χ1) is 7.31. The molecule has 0 aliphatic carbocycles. The first-order valence-corrected chi connectivity index (χ1v) is 5.14. The highest BCUT2D eigenvalue weighted by Gasteiger charge is 2.12. The van der Waals surface area contributed by atoms with Crippen LogP contribution in [0.2, 0.25) is 5.02 Å². The average Bonchev–Trinajstić information content (AvgIpc) is 2.30. The number of aromatic nitrogens is 1. The lowest BCUT2D eigenvalue weighted by Crippen LogP contribution is -2.27. The summed E-state index contributed by atoms with van der Waals surface area (Å²) in [5.74, 6) is 0.764. The molecule has 3 nitrogen and oxygen atoms in total. The highest BCUT2D eigenvalue weighted by atomic mass is 35.5. The highest BCUT2D eigenvalue weighted by Crippen LogP contribution is 2.24. The van der Waals surface area contributed by atoms with Gasteiger partial charge in [-0.3, -0.25) is 0 Å². The summed E-state index contributed by atoms with van der Waals surface area (Å²) in [5, 5.41) is 9.24. The minimum Gasteiger partial charge on any atom is -0.351 e. The molecule has 0 saturated carbocycles. The topological polar surface area (TPSA) is 39.9 Å². The van der Waals surface area contributed by atoms with Gasteiger partial charge in [0.1, 0.15) is 11.9 Å². The van der Waals surface area contributed by atoms with E-state index in [1.807, 2.05) is 6.07 Å². The van der Waals surface area contributed by atoms with Crippen LogP contribution < -0.4 is 4.90 Å². The number of hydrogen-bond acceptors (Lipinski definition) is 3. The van der Waals surface area contributed by atoms with E-state index >= 15 is 0 Å². The van der Waals surface area contributed by atoms with Gasteiger partial charge in [0.2, 0.25) is 0 Å². The van der Waals surface area contributed by atoms with E-state index in [0.29, 0.717) is 10.6 Å². The molecule has 15 heavy (non-hydrogen) atoms. The molecule has 0 unspecified atom stereocenters. The van der Waals surface area contributed by atoms with Crippen molar-refractivity contribution in [3.8, 4) is 6.07 Å². The van der Waals surface area contributed by atoms with Gasteiger partial charge in [-0.25, -0.2) is 4.98 Å². The third-order valence-electron chi connectivity index (χ3n) is 2.31. The fraction of sp³-hybridized carbons (Fsp3) is 0.273. The highest BCUT2D eigenvalue weighted by molar-refractivity contribution is 6.33. The Morgan fingerprint density at radius 2 is 2.33 bits per heavy atom. The van der Waals surface area contributed by atoms with Crippen LogP contribution in [-0.4, -0.2) is 18.1 Å². The van der Waals surface area contributed by atoms with Crippen LogP contribution in [0.1, 0.15) is 12.0 Å². The minimum absolute atomic E-state index is 0.497. The molecular weight excluding hydrogens is 210 g/mol. The zero-order valence-electron chi connectivity index (χ0n) is 8.15. The van der Waals surface area contributed by atoms with Gasteiger partial charge in [0.05, 0.1) is 10.6 Å². The van der Waals surface area contributed by atoms with Crippen molar-refractivity contribution in [3.63, 3.8) is 0 Å². The zero-order chi connectivity index (χ0) is 10.7. The standard InChI is InChI=1S/C11H10ClN3/c12-10-6-9(7-13)8-14-11(10)15-4-2-1-3-5-15/h1-2,6,8H,3-5H2. The van der Waals surface area contributed by atoms with Gasteiger partial charge in [-0.05, 0) is 12.5 Å². The number of hydrogen-bond donors (Lipinski definition) is 0. The summed E-state index contributed by atoms with van der Waals surface area (Å²) in [7, 11) is 0. The Morgan fingerprint density at radius 3 is 2.93 bits per heavy atom. The Bertz CT molecular complexity index is 434. The Labute approximate surface area is 93.6 Å². The third kappa shape index (κ3) is 2.11. The summed E-state index contributed by atoms with van der Waals surface area (Å²) in [6, 6.07) is 3.67. The molecule has 0 aromatic carbocycles. The molecule has 1 aromatic heterocycles. The number of rotatable bonds is 1. The molecule has 1 aromatic rings. The van der Waals surface area contributed by atoms with E-state index < -0.39 is 0 Å². The lowest BCUT2D eigenvalue weighted by Gasteiger charge is -2.25. The van der Waals surface area contributed by atoms with E-state index in [-0.39, 0.29) is 0 Å². The van der Waals surface area contributed by atoms with Gasteiger partial charge in [-0.2, -0.15) is 5.26 Å². The van der Waals surface area contributed by atoms with Crippen molar-refractivity contribution < 1.29 is 0 Å². The largest absolute Gasteiger partial charge is 0.351 e. The molecule has 4 heteroatoms. The van der Waals surface area contributed by atoms with E-state index in [1.54, 1.807) is 12.3 Å². The van der Waals surface area contributed by atoms with Crippen LogP contribution in [0.3, 0.4) is 0 Å². The maximum atomic E-state index is 8.69. The van der Waals surface area contributed by atoms with Crippen molar-refractivity contribution in [1.82, 2.24) is 4.98 Å². The fourth-order valence-corrected chi connectivity index (χ4v) is 1.84. The summed E-state index contributed by atoms with van der Waals surface area (Å²) >= 11 is 6.06. The molecular formula is C11H10ClN3. The quantitative estimate of drug-likeness (QED) is 0.681. The summed E-state index contributed by atoms with van der Waals surface area (Å²) in [6.45, 7) is 1.76. The van der Waals surface area contributed by atoms with E-state index in [9.17, 15) is 0 Å². The van der Waals surface area contributed by atoms with Gasteiger partial charge < -0.3 is 4.90 Å². The van der Waals surface area contributed by atoms with Crippen LogP contribution >= 0.6 is 11.6 Å². The van der Waals surface area contributed by atoms with E-state index in [2.05, 4.69) is 22.0 Å². The third-order valence-corrected chi connectivity index (χ3v) is 2.59. The first kappa shape index (κ1) is 10.0. The van der Waals surface area contributed by atoms with Gasteiger partial charge in [-0.1, -0.05) is 23.8 Å². The summed E-state index contributed by atoms with van der Waals surface area (Å²) < 4.78 is 0. The zero-order valence-corrected chi connectivity index (χ0v) is 8.91. The van der Waals surface area contributed by atoms with Gasteiger partial charge in [0, 0.05) is 19.3 Å². The molecule has 0 N–H and O–H groups in total. The monoisotopic (exact) mass is 219 g/mol. The lowest BCUT2D eigenvalue weighted by atomic mass is 10.2. The van der Waals surface area contributed by atoms with Crippen LogP contribution in [0.4, 0.5) is 5.82 Å². The van der Waals surface area contributed by atoms with E-state index in [4.69, 9.17) is 16.9 Å². The average molecular weight is 220 g/mol. The van der Waals surface area contributed by atoms with Crippen molar-refractivity contribution in [3.05, 3.63) is 35.0 Å². The summed E-state index contributed by atoms with van der Waals surface area (Å²) in [4.78, 5) is 6.31. The molecule has 0 radical (unpaired) electrons. The molecule has 1 aliphatic rings. The summed E-state index contributed by atoms with van der Waals surface area (Å²) in [5.41, 5.74) is 0.497. The molecule has 76 valence electrons. The van der Waals surface area contributed by atoms with Gasteiger partial charge in [0.25, 0.3) is 0 Å². The van der Waals surface area contributed by atoms with Crippen molar-refractivity contribution in [1.29, 1.82) is 5.26 Å². The molecule has 0 bridgehead atoms. The predicted octanol–water partition coefficient (Wildman–Crippen LogP) is 2.37. The van der Waals surface area contributed by atoms with Gasteiger partial charge in [0.15, 0.2) is 0 Å². The number of pyridine rings is 1. The van der Waals surface area contributed by atoms with Crippen LogP contribution in [0.15, 0.2) is 24.4 Å². The Balaban J connectivity index is 2.29. The van der Waals surface area contributed by atoms with Crippen molar-refractivity contribution in [2.75, 3.05) is 18.0 Å². The summed E-state index contributed by atoms with van der Waals surface area (Å²) in [6.07, 6.45) is 6.81. The number of nitriles is 1. The normalized spacial score (nSPS) is 15.1. The second kappa shape index (κ2) is 4.33. The van der Waals surface area contributed by atoms with Crippen molar-refractivity contribution >= 4 is 17.4 Å². The predicted molar refractivity (Wildman–Crippen MR) is 59.9 cm³/mol. The van der Waals surface area contributed by atoms with Crippen molar-refractivity contribution in [2.45, 2.75) is 6.42 Å². The van der Waals surface area contributed by atoms with E-state index in [0.717, 1.165) is 25.3 Å². The van der Waals surface area contributed by atoms with E-state index in [1.165, 1.54) is 0 Å². The van der Waals surface area contributed by atoms with Gasteiger partial charge >= 0.3 is 0 Å². The molecule has 0 fully saturated rings. The van der Waals surface area contributed by atoms with Crippen LogP contribution in [0.5, 0.6) is 0 Å². The lowest BCUT2D eigenvalue weighted by molar-refractivity contribution is 0.806. The molecule has 2 rings (SSSR count). The molecule has 0 atom stereocenters.